The second kappa shape index (κ2) is 4.99. The van der Waals surface area contributed by atoms with Crippen LogP contribution in [0.25, 0.3) is 6.08 Å². The lowest BCUT2D eigenvalue weighted by Gasteiger charge is -2.10. The molecule has 0 heterocycles. The van der Waals surface area contributed by atoms with Crippen LogP contribution >= 0.6 is 0 Å². The zero-order valence-corrected chi connectivity index (χ0v) is 10.3. The van der Waals surface area contributed by atoms with Crippen molar-refractivity contribution in [2.24, 2.45) is 0 Å². The third kappa shape index (κ3) is 2.83. The molecular formula is C11H16OSi. The largest absolute Gasteiger partial charge is 0.427 e. The highest BCUT2D eigenvalue weighted by Crippen LogP contribution is 2.16. The van der Waals surface area contributed by atoms with E-state index in [1.54, 1.807) is 0 Å². The van der Waals surface area contributed by atoms with E-state index >= 15 is 0 Å². The number of rotatable bonds is 4. The van der Waals surface area contributed by atoms with Crippen LogP contribution in [0, 0.1) is 0 Å². The van der Waals surface area contributed by atoms with Crippen molar-refractivity contribution in [1.29, 1.82) is 0 Å². The Morgan fingerprint density at radius 3 is 2.54 bits per heavy atom. The number of benzene rings is 1. The molecule has 1 aromatic rings. The van der Waals surface area contributed by atoms with Crippen LogP contribution in [0.4, 0.5) is 0 Å². The minimum atomic E-state index is 0.497. The van der Waals surface area contributed by atoms with E-state index in [0.717, 1.165) is 17.1 Å². The molecule has 0 bridgehead atoms. The summed E-state index contributed by atoms with van der Waals surface area (Å²) in [6.45, 7) is 6.74. The molecule has 0 aliphatic heterocycles. The first-order valence-corrected chi connectivity index (χ1v) is 5.31. The maximum absolute atomic E-state index is 5.23. The van der Waals surface area contributed by atoms with Gasteiger partial charge in [-0.25, -0.2) is 0 Å². The fourth-order valence-corrected chi connectivity index (χ4v) is 1.81. The molecule has 1 rings (SSSR count). The van der Waals surface area contributed by atoms with Gasteiger partial charge in [-0.05, 0) is 11.1 Å². The molecule has 2 heteroatoms. The van der Waals surface area contributed by atoms with Gasteiger partial charge in [0.15, 0.2) is 0 Å². The second-order valence-electron chi connectivity index (χ2n) is 3.23. The molecule has 70 valence electrons. The van der Waals surface area contributed by atoms with Crippen molar-refractivity contribution in [3.8, 4) is 0 Å². The Morgan fingerprint density at radius 2 is 2.08 bits per heavy atom. The monoisotopic (exact) mass is 192 g/mol. The Morgan fingerprint density at radius 1 is 1.46 bits per heavy atom. The van der Waals surface area contributed by atoms with Crippen LogP contribution in [0.5, 0.6) is 0 Å². The van der Waals surface area contributed by atoms with Gasteiger partial charge in [0.1, 0.15) is 10.5 Å². The number of hydrogen-bond acceptors (Lipinski definition) is 1. The zero-order chi connectivity index (χ0) is 9.68. The summed E-state index contributed by atoms with van der Waals surface area (Å²) >= 11 is 0. The third-order valence-corrected chi connectivity index (χ3v) is 2.49. The average Bonchev–Trinajstić information content (AvgIpc) is 2.18. The fourth-order valence-electron chi connectivity index (χ4n) is 1.31. The summed E-state index contributed by atoms with van der Waals surface area (Å²) in [7, 11) is 0.821. The first-order valence-electron chi connectivity index (χ1n) is 4.49. The Hall–Kier alpha value is -0.863. The normalized spacial score (nSPS) is 12.7. The first-order chi connectivity index (χ1) is 6.27. The summed E-state index contributed by atoms with van der Waals surface area (Å²) in [4.78, 5) is 0. The van der Waals surface area contributed by atoms with Gasteiger partial charge in [-0.3, -0.25) is 0 Å². The topological polar surface area (TPSA) is 9.23 Å². The molecule has 0 radical (unpaired) electrons. The standard InChI is InChI=1S/C11H16OSi/c1-3-10-4-6-11(7-5-10)9(2)8-12-13/h3-7,9H,1,8H2,2,13H3. The van der Waals surface area contributed by atoms with E-state index < -0.39 is 0 Å². The quantitative estimate of drug-likeness (QED) is 0.660. The van der Waals surface area contributed by atoms with Crippen molar-refractivity contribution in [3.63, 3.8) is 0 Å². The summed E-state index contributed by atoms with van der Waals surface area (Å²) in [5, 5.41) is 0. The van der Waals surface area contributed by atoms with Crippen LogP contribution < -0.4 is 0 Å². The molecular weight excluding hydrogens is 176 g/mol. The Labute approximate surface area is 83.0 Å². The van der Waals surface area contributed by atoms with Gasteiger partial charge < -0.3 is 4.43 Å². The smallest absolute Gasteiger partial charge is 0.145 e. The lowest BCUT2D eigenvalue weighted by molar-refractivity contribution is 0.324. The zero-order valence-electron chi connectivity index (χ0n) is 8.29. The summed E-state index contributed by atoms with van der Waals surface area (Å²) in [5.74, 6) is 0.497. The molecule has 0 saturated carbocycles. The van der Waals surface area contributed by atoms with E-state index in [-0.39, 0.29) is 0 Å². The minimum Gasteiger partial charge on any atom is -0.427 e. The van der Waals surface area contributed by atoms with Gasteiger partial charge in [0.25, 0.3) is 0 Å². The van der Waals surface area contributed by atoms with Crippen molar-refractivity contribution in [2.75, 3.05) is 6.61 Å². The van der Waals surface area contributed by atoms with Crippen molar-refractivity contribution >= 4 is 16.6 Å². The summed E-state index contributed by atoms with van der Waals surface area (Å²) in [6, 6.07) is 8.46. The van der Waals surface area contributed by atoms with Gasteiger partial charge in [-0.2, -0.15) is 0 Å². The molecule has 0 aliphatic carbocycles. The number of hydrogen-bond donors (Lipinski definition) is 0. The van der Waals surface area contributed by atoms with Crippen LogP contribution in [0.3, 0.4) is 0 Å². The fraction of sp³-hybridized carbons (Fsp3) is 0.273. The van der Waals surface area contributed by atoms with Crippen LogP contribution in [0.15, 0.2) is 30.8 Å². The van der Waals surface area contributed by atoms with E-state index in [1.807, 2.05) is 6.08 Å². The van der Waals surface area contributed by atoms with Gasteiger partial charge >= 0.3 is 0 Å². The summed E-state index contributed by atoms with van der Waals surface area (Å²) in [5.41, 5.74) is 2.50. The second-order valence-corrected chi connectivity index (χ2v) is 3.80. The van der Waals surface area contributed by atoms with Crippen molar-refractivity contribution in [2.45, 2.75) is 12.8 Å². The molecule has 1 unspecified atom stereocenters. The predicted octanol–water partition coefficient (Wildman–Crippen LogP) is 1.73. The van der Waals surface area contributed by atoms with E-state index in [0.29, 0.717) is 5.92 Å². The lowest BCUT2D eigenvalue weighted by Crippen LogP contribution is -2.02. The Balaban J connectivity index is 2.73. The van der Waals surface area contributed by atoms with Crippen LogP contribution in [0.2, 0.25) is 0 Å². The van der Waals surface area contributed by atoms with Gasteiger partial charge in [0, 0.05) is 12.5 Å². The highest BCUT2D eigenvalue weighted by molar-refractivity contribution is 5.97. The predicted molar refractivity (Wildman–Crippen MR) is 60.8 cm³/mol. The van der Waals surface area contributed by atoms with Crippen molar-refractivity contribution in [1.82, 2.24) is 0 Å². The molecule has 0 aromatic heterocycles. The van der Waals surface area contributed by atoms with Crippen molar-refractivity contribution in [3.05, 3.63) is 42.0 Å². The molecule has 0 N–H and O–H groups in total. The molecule has 0 amide bonds. The maximum atomic E-state index is 5.23. The third-order valence-electron chi connectivity index (χ3n) is 2.16. The van der Waals surface area contributed by atoms with Gasteiger partial charge in [0.2, 0.25) is 0 Å². The highest BCUT2D eigenvalue weighted by Gasteiger charge is 2.03. The van der Waals surface area contributed by atoms with Gasteiger partial charge in [0.05, 0.1) is 0 Å². The maximum Gasteiger partial charge on any atom is 0.145 e. The molecule has 0 spiro atoms. The Kier molecular flexibility index (Phi) is 3.93. The van der Waals surface area contributed by atoms with Crippen LogP contribution in [-0.2, 0) is 4.43 Å². The molecule has 1 aromatic carbocycles. The SMILES string of the molecule is C=Cc1ccc(C(C)CO[SiH3])cc1. The van der Waals surface area contributed by atoms with Gasteiger partial charge in [-0.15, -0.1) is 0 Å². The summed E-state index contributed by atoms with van der Waals surface area (Å²) < 4.78 is 5.23. The Bertz CT molecular complexity index is 266. The van der Waals surface area contributed by atoms with Gasteiger partial charge in [-0.1, -0.05) is 43.8 Å². The highest BCUT2D eigenvalue weighted by atomic mass is 28.2. The van der Waals surface area contributed by atoms with Crippen LogP contribution in [0.1, 0.15) is 24.0 Å². The summed E-state index contributed by atoms with van der Waals surface area (Å²) in [6.07, 6.45) is 1.86. The van der Waals surface area contributed by atoms with E-state index in [1.165, 1.54) is 11.1 Å². The molecule has 0 aliphatic rings. The molecule has 0 fully saturated rings. The average molecular weight is 192 g/mol. The van der Waals surface area contributed by atoms with E-state index in [2.05, 4.69) is 37.8 Å². The molecule has 1 atom stereocenters. The van der Waals surface area contributed by atoms with E-state index in [9.17, 15) is 0 Å². The van der Waals surface area contributed by atoms with Crippen molar-refractivity contribution < 1.29 is 4.43 Å². The lowest BCUT2D eigenvalue weighted by atomic mass is 10.0. The molecule has 1 nitrogen and oxygen atoms in total. The molecule has 13 heavy (non-hydrogen) atoms. The van der Waals surface area contributed by atoms with Crippen LogP contribution in [-0.4, -0.2) is 17.1 Å². The first kappa shape index (κ1) is 10.2. The molecule has 0 saturated heterocycles. The minimum absolute atomic E-state index is 0.497. The van der Waals surface area contributed by atoms with E-state index in [4.69, 9.17) is 4.43 Å².